The molecule has 3 aromatic rings. The van der Waals surface area contributed by atoms with E-state index in [0.717, 1.165) is 44.4 Å². The van der Waals surface area contributed by atoms with Gasteiger partial charge in [0, 0.05) is 21.5 Å². The van der Waals surface area contributed by atoms with Crippen LogP contribution in [0.25, 0.3) is 11.3 Å². The van der Waals surface area contributed by atoms with E-state index in [-0.39, 0.29) is 0 Å². The van der Waals surface area contributed by atoms with E-state index in [1.54, 1.807) is 18.9 Å². The Morgan fingerprint density at radius 1 is 1.20 bits per heavy atom. The van der Waals surface area contributed by atoms with E-state index in [1.165, 1.54) is 0 Å². The van der Waals surface area contributed by atoms with Gasteiger partial charge in [-0.05, 0) is 40.5 Å². The van der Waals surface area contributed by atoms with Gasteiger partial charge in [-0.1, -0.05) is 59.2 Å². The lowest BCUT2D eigenvalue weighted by atomic mass is 10.1. The van der Waals surface area contributed by atoms with E-state index in [1.807, 2.05) is 36.4 Å². The molecule has 0 aliphatic carbocycles. The predicted molar refractivity (Wildman–Crippen MR) is 126 cm³/mol. The Morgan fingerprint density at radius 2 is 2.03 bits per heavy atom. The fourth-order valence-electron chi connectivity index (χ4n) is 3.15. The lowest BCUT2D eigenvalue weighted by Crippen LogP contribution is -2.18. The summed E-state index contributed by atoms with van der Waals surface area (Å²) in [5.74, 6) is 2.09. The van der Waals surface area contributed by atoms with Crippen molar-refractivity contribution in [1.29, 1.82) is 0 Å². The van der Waals surface area contributed by atoms with Crippen LogP contribution in [0, 0.1) is 0 Å². The minimum Gasteiger partial charge on any atom is -0.495 e. The molecular formula is C21H20Br2N4O2S. The van der Waals surface area contributed by atoms with Crippen molar-refractivity contribution in [2.45, 2.75) is 31.1 Å². The molecule has 4 rings (SSSR count). The number of aromatic nitrogens is 3. The number of unbranched alkanes of at least 4 members (excludes halogenated alkanes) is 1. The van der Waals surface area contributed by atoms with E-state index >= 15 is 0 Å². The molecule has 30 heavy (non-hydrogen) atoms. The minimum absolute atomic E-state index is 0.449. The number of ether oxygens (including phenoxy) is 2. The fourth-order valence-corrected chi connectivity index (χ4v) is 5.43. The molecular weight excluding hydrogens is 532 g/mol. The second kappa shape index (κ2) is 9.53. The maximum absolute atomic E-state index is 6.37. The molecule has 9 heteroatoms. The van der Waals surface area contributed by atoms with Gasteiger partial charge in [-0.3, -0.25) is 0 Å². The number of hydrogen-bond donors (Lipinski definition) is 1. The van der Waals surface area contributed by atoms with E-state index in [9.17, 15) is 0 Å². The topological polar surface area (TPSA) is 69.2 Å². The summed E-state index contributed by atoms with van der Waals surface area (Å²) in [5, 5.41) is 12.9. The van der Waals surface area contributed by atoms with Crippen LogP contribution in [0.5, 0.6) is 11.6 Å². The third-order valence-electron chi connectivity index (χ3n) is 4.59. The van der Waals surface area contributed by atoms with Crippen LogP contribution >= 0.6 is 43.6 Å². The Kier molecular flexibility index (Phi) is 6.80. The van der Waals surface area contributed by atoms with Crippen molar-refractivity contribution >= 4 is 49.3 Å². The highest BCUT2D eigenvalue weighted by Crippen LogP contribution is 2.43. The normalized spacial score (nSPS) is 14.7. The summed E-state index contributed by atoms with van der Waals surface area (Å²) in [7, 11) is 1.64. The summed E-state index contributed by atoms with van der Waals surface area (Å²) in [4.78, 5) is 4.68. The molecule has 1 unspecified atom stereocenters. The van der Waals surface area contributed by atoms with E-state index in [4.69, 9.17) is 9.47 Å². The fraction of sp³-hybridized carbons (Fsp3) is 0.286. The van der Waals surface area contributed by atoms with Crippen LogP contribution in [0.4, 0.5) is 5.69 Å². The van der Waals surface area contributed by atoms with Crippen LogP contribution in [-0.4, -0.2) is 28.0 Å². The number of hydrogen-bond acceptors (Lipinski definition) is 7. The summed E-state index contributed by atoms with van der Waals surface area (Å²) < 4.78 is 13.8. The van der Waals surface area contributed by atoms with Gasteiger partial charge in [0.15, 0.2) is 5.69 Å². The van der Waals surface area contributed by atoms with Gasteiger partial charge >= 0.3 is 0 Å². The van der Waals surface area contributed by atoms with E-state index < -0.39 is 6.23 Å². The lowest BCUT2D eigenvalue weighted by molar-refractivity contribution is 0.219. The second-order valence-electron chi connectivity index (χ2n) is 6.65. The number of para-hydroxylation sites is 1. The number of nitrogens with zero attached hydrogens (tertiary/aromatic N) is 3. The largest absolute Gasteiger partial charge is 0.495 e. The number of rotatable bonds is 6. The van der Waals surface area contributed by atoms with Gasteiger partial charge in [-0.2, -0.15) is 4.98 Å². The lowest BCUT2D eigenvalue weighted by Gasteiger charge is -2.22. The monoisotopic (exact) mass is 550 g/mol. The van der Waals surface area contributed by atoms with Crippen LogP contribution in [0.3, 0.4) is 0 Å². The molecule has 1 aliphatic heterocycles. The minimum atomic E-state index is -0.527. The Hall–Kier alpha value is -1.84. The van der Waals surface area contributed by atoms with Crippen molar-refractivity contribution < 1.29 is 9.47 Å². The van der Waals surface area contributed by atoms with Gasteiger partial charge in [0.1, 0.15) is 5.75 Å². The molecule has 0 bridgehead atoms. The third-order valence-corrected chi connectivity index (χ3v) is 6.56. The SMILES string of the molecule is CCCCSc1nnc2c(n1)OC(c1cc(Br)cc(Br)c1OC)Nc1ccccc1-2. The van der Waals surface area contributed by atoms with Gasteiger partial charge in [0.25, 0.3) is 0 Å². The molecule has 0 saturated heterocycles. The van der Waals surface area contributed by atoms with Crippen molar-refractivity contribution in [2.75, 3.05) is 18.2 Å². The zero-order valence-corrected chi connectivity index (χ0v) is 20.5. The molecule has 0 amide bonds. The molecule has 2 heterocycles. The predicted octanol–water partition coefficient (Wildman–Crippen LogP) is 6.47. The first-order valence-electron chi connectivity index (χ1n) is 9.53. The second-order valence-corrected chi connectivity index (χ2v) is 9.48. The molecule has 1 atom stereocenters. The number of nitrogens with one attached hydrogen (secondary N) is 1. The van der Waals surface area contributed by atoms with Crippen molar-refractivity contribution in [3.8, 4) is 22.9 Å². The number of methoxy groups -OCH3 is 1. The van der Waals surface area contributed by atoms with E-state index in [2.05, 4.69) is 59.3 Å². The standard InChI is InChI=1S/C21H20Br2N4O2S/c1-3-4-9-30-21-25-20-17(26-27-21)13-7-5-6-8-16(13)24-19(29-20)14-10-12(22)11-15(23)18(14)28-2/h5-8,10-11,19,24H,3-4,9H2,1-2H3. The average molecular weight is 552 g/mol. The Morgan fingerprint density at radius 3 is 2.83 bits per heavy atom. The number of benzene rings is 2. The first kappa shape index (κ1) is 21.4. The number of anilines is 1. The van der Waals surface area contributed by atoms with Crippen LogP contribution in [0.2, 0.25) is 0 Å². The first-order valence-corrected chi connectivity index (χ1v) is 12.1. The molecule has 0 spiro atoms. The number of thioether (sulfide) groups is 1. The number of fused-ring (bicyclic) bond motifs is 3. The van der Waals surface area contributed by atoms with Crippen LogP contribution in [0.1, 0.15) is 31.6 Å². The van der Waals surface area contributed by atoms with Gasteiger partial charge in [-0.25, -0.2) is 0 Å². The summed E-state index contributed by atoms with van der Waals surface area (Å²) in [6, 6.07) is 11.8. The highest BCUT2D eigenvalue weighted by Gasteiger charge is 2.28. The molecule has 0 fully saturated rings. The zero-order valence-electron chi connectivity index (χ0n) is 16.5. The molecule has 156 valence electrons. The zero-order chi connectivity index (χ0) is 21.1. The van der Waals surface area contributed by atoms with Crippen LogP contribution < -0.4 is 14.8 Å². The van der Waals surface area contributed by atoms with Gasteiger partial charge in [0.2, 0.25) is 17.3 Å². The van der Waals surface area contributed by atoms with Gasteiger partial charge < -0.3 is 14.8 Å². The average Bonchev–Trinajstić information content (AvgIpc) is 2.90. The first-order chi connectivity index (χ1) is 14.6. The molecule has 1 aliphatic rings. The maximum Gasteiger partial charge on any atom is 0.247 e. The van der Waals surface area contributed by atoms with Crippen molar-refractivity contribution in [3.05, 3.63) is 50.9 Å². The molecule has 2 aromatic carbocycles. The molecule has 1 N–H and O–H groups in total. The third kappa shape index (κ3) is 4.43. The van der Waals surface area contributed by atoms with Crippen molar-refractivity contribution in [3.63, 3.8) is 0 Å². The Balaban J connectivity index is 1.80. The van der Waals surface area contributed by atoms with Crippen LogP contribution in [-0.2, 0) is 0 Å². The van der Waals surface area contributed by atoms with Crippen molar-refractivity contribution in [2.24, 2.45) is 0 Å². The summed E-state index contributed by atoms with van der Waals surface area (Å²) in [5.41, 5.74) is 3.24. The summed E-state index contributed by atoms with van der Waals surface area (Å²) >= 11 is 8.73. The molecule has 1 aromatic heterocycles. The summed E-state index contributed by atoms with van der Waals surface area (Å²) in [6.45, 7) is 2.16. The van der Waals surface area contributed by atoms with Gasteiger partial charge in [-0.15, -0.1) is 10.2 Å². The van der Waals surface area contributed by atoms with Gasteiger partial charge in [0.05, 0.1) is 17.1 Å². The van der Waals surface area contributed by atoms with Crippen molar-refractivity contribution in [1.82, 2.24) is 15.2 Å². The highest BCUT2D eigenvalue weighted by atomic mass is 79.9. The van der Waals surface area contributed by atoms with E-state index in [0.29, 0.717) is 22.5 Å². The molecule has 0 saturated carbocycles. The Bertz CT molecular complexity index is 1070. The molecule has 0 radical (unpaired) electrons. The van der Waals surface area contributed by atoms with Crippen LogP contribution in [0.15, 0.2) is 50.5 Å². The Labute approximate surface area is 196 Å². The highest BCUT2D eigenvalue weighted by molar-refractivity contribution is 9.11. The summed E-state index contributed by atoms with van der Waals surface area (Å²) in [6.07, 6.45) is 1.70. The maximum atomic E-state index is 6.37. The smallest absolute Gasteiger partial charge is 0.247 e. The number of halogens is 2. The molecule has 6 nitrogen and oxygen atoms in total. The quantitative estimate of drug-likeness (QED) is 0.278.